The highest BCUT2D eigenvalue weighted by molar-refractivity contribution is 6.28. The third-order valence-electron chi connectivity index (χ3n) is 4.11. The van der Waals surface area contributed by atoms with E-state index in [1.165, 1.54) is 60.7 Å². The van der Waals surface area contributed by atoms with Crippen molar-refractivity contribution in [2.24, 2.45) is 0 Å². The van der Waals surface area contributed by atoms with Crippen LogP contribution in [-0.2, 0) is 16.1 Å². The molecule has 4 amide bonds. The van der Waals surface area contributed by atoms with Crippen LogP contribution in [0.5, 0.6) is 0 Å². The number of rotatable bonds is 5. The van der Waals surface area contributed by atoms with Crippen LogP contribution in [-0.4, -0.2) is 27.7 Å². The zero-order chi connectivity index (χ0) is 21.0. The van der Waals surface area contributed by atoms with Crippen LogP contribution in [0.3, 0.4) is 0 Å². The highest BCUT2D eigenvalue weighted by atomic mass is 19.1. The summed E-state index contributed by atoms with van der Waals surface area (Å²) in [6, 6.07) is 10.3. The van der Waals surface area contributed by atoms with Crippen LogP contribution < -0.4 is 5.32 Å². The average molecular weight is 395 g/mol. The SMILES string of the molecule is O=C1NC(=O)N(Cc2ccc(F)cc2)C(=O)C1=CC=Cc1ccccc1[N+](=O)[O-]. The lowest BCUT2D eigenvalue weighted by atomic mass is 10.1. The van der Waals surface area contributed by atoms with E-state index in [9.17, 15) is 28.9 Å². The van der Waals surface area contributed by atoms with E-state index in [1.807, 2.05) is 0 Å². The molecule has 2 aromatic rings. The molecule has 0 saturated carbocycles. The Morgan fingerprint density at radius 1 is 1.07 bits per heavy atom. The Bertz CT molecular complexity index is 1060. The lowest BCUT2D eigenvalue weighted by Crippen LogP contribution is -2.53. The van der Waals surface area contributed by atoms with E-state index < -0.39 is 28.6 Å². The molecule has 146 valence electrons. The van der Waals surface area contributed by atoms with Crippen LogP contribution in [0.25, 0.3) is 6.08 Å². The Balaban J connectivity index is 1.83. The van der Waals surface area contributed by atoms with Gasteiger partial charge in [0.1, 0.15) is 11.4 Å². The predicted octanol–water partition coefficient (Wildman–Crippen LogP) is 2.95. The maximum absolute atomic E-state index is 13.0. The second-order valence-corrected chi connectivity index (χ2v) is 6.03. The first kappa shape index (κ1) is 19.6. The average Bonchev–Trinajstić information content (AvgIpc) is 2.69. The maximum Gasteiger partial charge on any atom is 0.331 e. The summed E-state index contributed by atoms with van der Waals surface area (Å²) < 4.78 is 13.0. The Hall–Kier alpha value is -4.14. The number of barbiturate groups is 1. The topological polar surface area (TPSA) is 110 Å². The van der Waals surface area contributed by atoms with Crippen LogP contribution in [0.2, 0.25) is 0 Å². The summed E-state index contributed by atoms with van der Waals surface area (Å²) in [6.45, 7) is -0.149. The van der Waals surface area contributed by atoms with Gasteiger partial charge in [0.15, 0.2) is 0 Å². The number of hydrogen-bond acceptors (Lipinski definition) is 5. The number of para-hydroxylation sites is 1. The number of carbonyl (C=O) groups excluding carboxylic acids is 3. The first-order valence-corrected chi connectivity index (χ1v) is 8.40. The van der Waals surface area contributed by atoms with E-state index in [1.54, 1.807) is 6.07 Å². The van der Waals surface area contributed by atoms with Crippen molar-refractivity contribution in [3.8, 4) is 0 Å². The number of amides is 4. The molecule has 3 rings (SSSR count). The number of nitrogens with zero attached hydrogens (tertiary/aromatic N) is 2. The molecular formula is C20H14FN3O5. The minimum Gasteiger partial charge on any atom is -0.273 e. The van der Waals surface area contributed by atoms with Gasteiger partial charge in [0.05, 0.1) is 17.0 Å². The summed E-state index contributed by atoms with van der Waals surface area (Å²) in [5.41, 5.74) is 0.354. The third kappa shape index (κ3) is 4.41. The maximum atomic E-state index is 13.0. The van der Waals surface area contributed by atoms with Crippen LogP contribution in [0.1, 0.15) is 11.1 Å². The first-order valence-electron chi connectivity index (χ1n) is 8.40. The Morgan fingerprint density at radius 2 is 1.76 bits per heavy atom. The molecule has 0 unspecified atom stereocenters. The Morgan fingerprint density at radius 3 is 2.45 bits per heavy atom. The van der Waals surface area contributed by atoms with E-state index in [-0.39, 0.29) is 23.4 Å². The van der Waals surface area contributed by atoms with E-state index in [0.29, 0.717) is 5.56 Å². The van der Waals surface area contributed by atoms with Crippen molar-refractivity contribution < 1.29 is 23.7 Å². The van der Waals surface area contributed by atoms with Gasteiger partial charge in [0.25, 0.3) is 17.5 Å². The number of carbonyl (C=O) groups is 3. The fourth-order valence-corrected chi connectivity index (χ4v) is 2.67. The molecule has 1 saturated heterocycles. The van der Waals surface area contributed by atoms with E-state index in [4.69, 9.17) is 0 Å². The van der Waals surface area contributed by atoms with E-state index in [2.05, 4.69) is 5.32 Å². The fourth-order valence-electron chi connectivity index (χ4n) is 2.67. The molecule has 0 bridgehead atoms. The van der Waals surface area contributed by atoms with Gasteiger partial charge in [0, 0.05) is 6.07 Å². The van der Waals surface area contributed by atoms with Crippen molar-refractivity contribution >= 4 is 29.6 Å². The molecule has 29 heavy (non-hydrogen) atoms. The van der Waals surface area contributed by atoms with E-state index >= 15 is 0 Å². The summed E-state index contributed by atoms with van der Waals surface area (Å²) in [5.74, 6) is -2.16. The zero-order valence-corrected chi connectivity index (χ0v) is 14.9. The molecule has 1 fully saturated rings. The zero-order valence-electron chi connectivity index (χ0n) is 14.9. The van der Waals surface area contributed by atoms with E-state index in [0.717, 1.165) is 4.90 Å². The van der Waals surface area contributed by atoms with Crippen LogP contribution in [0.15, 0.2) is 66.3 Å². The molecule has 1 aliphatic rings. The number of urea groups is 1. The minimum atomic E-state index is -0.885. The van der Waals surface area contributed by atoms with Gasteiger partial charge in [-0.15, -0.1) is 0 Å². The highest BCUT2D eigenvalue weighted by Crippen LogP contribution is 2.20. The smallest absolute Gasteiger partial charge is 0.273 e. The number of halogens is 1. The van der Waals surface area contributed by atoms with Gasteiger partial charge in [-0.05, 0) is 35.9 Å². The van der Waals surface area contributed by atoms with Crippen molar-refractivity contribution in [2.45, 2.75) is 6.54 Å². The number of imide groups is 2. The van der Waals surface area contributed by atoms with Crippen LogP contribution in [0, 0.1) is 15.9 Å². The summed E-state index contributed by atoms with van der Waals surface area (Å²) in [5, 5.41) is 13.1. The number of nitro benzene ring substituents is 1. The number of nitro groups is 1. The molecule has 0 radical (unpaired) electrons. The van der Waals surface area contributed by atoms with Crippen molar-refractivity contribution in [1.82, 2.24) is 10.2 Å². The number of hydrogen-bond donors (Lipinski definition) is 1. The lowest BCUT2D eigenvalue weighted by molar-refractivity contribution is -0.385. The van der Waals surface area contributed by atoms with Crippen molar-refractivity contribution in [2.75, 3.05) is 0 Å². The predicted molar refractivity (Wildman–Crippen MR) is 101 cm³/mol. The number of nitrogens with one attached hydrogen (secondary N) is 1. The van der Waals surface area contributed by atoms with Crippen LogP contribution in [0.4, 0.5) is 14.9 Å². The molecule has 1 aliphatic heterocycles. The fraction of sp³-hybridized carbons (Fsp3) is 0.0500. The molecule has 2 aromatic carbocycles. The van der Waals surface area contributed by atoms with Gasteiger partial charge in [0.2, 0.25) is 0 Å². The van der Waals surface area contributed by atoms with Crippen LogP contribution >= 0.6 is 0 Å². The van der Waals surface area contributed by atoms with Gasteiger partial charge < -0.3 is 0 Å². The van der Waals surface area contributed by atoms with Gasteiger partial charge in [-0.1, -0.05) is 30.3 Å². The molecule has 0 aromatic heterocycles. The minimum absolute atomic E-state index is 0.130. The van der Waals surface area contributed by atoms with Crippen molar-refractivity contribution in [3.05, 3.63) is 93.3 Å². The Kier molecular flexibility index (Phi) is 5.59. The number of allylic oxidation sites excluding steroid dienone is 2. The summed E-state index contributed by atoms with van der Waals surface area (Å²) in [6.07, 6.45) is 3.88. The molecule has 0 atom stereocenters. The standard InChI is InChI=1S/C20H14FN3O5/c21-15-10-8-13(9-11-15)12-23-19(26)16(18(25)22-20(23)27)6-3-5-14-4-1-2-7-17(14)24(28)29/h1-11H,12H2,(H,22,25,27). The summed E-state index contributed by atoms with van der Waals surface area (Å²) in [7, 11) is 0. The second kappa shape index (κ2) is 8.26. The lowest BCUT2D eigenvalue weighted by Gasteiger charge is -2.26. The number of benzene rings is 2. The van der Waals surface area contributed by atoms with Gasteiger partial charge in [-0.25, -0.2) is 9.18 Å². The molecule has 0 spiro atoms. The monoisotopic (exact) mass is 395 g/mol. The molecule has 8 nitrogen and oxygen atoms in total. The van der Waals surface area contributed by atoms with Gasteiger partial charge in [-0.3, -0.25) is 29.9 Å². The quantitative estimate of drug-likeness (QED) is 0.362. The molecular weight excluding hydrogens is 381 g/mol. The highest BCUT2D eigenvalue weighted by Gasteiger charge is 2.35. The molecule has 9 heteroatoms. The van der Waals surface area contributed by atoms with Crippen molar-refractivity contribution in [1.29, 1.82) is 0 Å². The van der Waals surface area contributed by atoms with Gasteiger partial charge in [-0.2, -0.15) is 0 Å². The summed E-state index contributed by atoms with van der Waals surface area (Å²) in [4.78, 5) is 48.0. The molecule has 1 N–H and O–H groups in total. The largest absolute Gasteiger partial charge is 0.331 e. The van der Waals surface area contributed by atoms with Crippen molar-refractivity contribution in [3.63, 3.8) is 0 Å². The summed E-state index contributed by atoms with van der Waals surface area (Å²) >= 11 is 0. The normalized spacial score (nSPS) is 15.8. The second-order valence-electron chi connectivity index (χ2n) is 6.03. The Labute approximate surface area is 164 Å². The molecule has 0 aliphatic carbocycles. The first-order chi connectivity index (χ1) is 13.9. The third-order valence-corrected chi connectivity index (χ3v) is 4.11. The van der Waals surface area contributed by atoms with Gasteiger partial charge >= 0.3 is 6.03 Å². The molecule has 1 heterocycles.